The molecule has 0 atom stereocenters. The Labute approximate surface area is 92.5 Å². The van der Waals surface area contributed by atoms with Crippen molar-refractivity contribution >= 4 is 21.9 Å². The third-order valence-electron chi connectivity index (χ3n) is 1.88. The zero-order valence-corrected chi connectivity index (χ0v) is 10.1. The molecule has 0 aliphatic heterocycles. The number of hydrogen-bond acceptors (Lipinski definition) is 2. The molecule has 0 aromatic heterocycles. The van der Waals surface area contributed by atoms with Crippen molar-refractivity contribution in [3.8, 4) is 0 Å². The van der Waals surface area contributed by atoms with Crippen LogP contribution < -0.4 is 0 Å². The van der Waals surface area contributed by atoms with Crippen molar-refractivity contribution in [3.05, 3.63) is 33.5 Å². The summed E-state index contributed by atoms with van der Waals surface area (Å²) in [5, 5.41) is 0. The molecule has 0 saturated carbocycles. The molecule has 0 N–H and O–H groups in total. The van der Waals surface area contributed by atoms with Crippen LogP contribution in [-0.2, 0) is 9.53 Å². The van der Waals surface area contributed by atoms with E-state index in [1.54, 1.807) is 0 Å². The fraction of sp³-hybridized carbons (Fsp3) is 0.364. The van der Waals surface area contributed by atoms with Gasteiger partial charge in [-0.1, -0.05) is 21.5 Å². The predicted molar refractivity (Wildman–Crippen MR) is 59.9 cm³/mol. The van der Waals surface area contributed by atoms with Gasteiger partial charge in [0.15, 0.2) is 0 Å². The van der Waals surface area contributed by atoms with Gasteiger partial charge >= 0.3 is 5.97 Å². The average Bonchev–Trinajstić information content (AvgIpc) is 2.10. The summed E-state index contributed by atoms with van der Waals surface area (Å²) in [6, 6.07) is 0. The molecule has 0 aromatic rings. The van der Waals surface area contributed by atoms with Crippen LogP contribution in [0.3, 0.4) is 0 Å². The van der Waals surface area contributed by atoms with Gasteiger partial charge in [-0.2, -0.15) is 0 Å². The van der Waals surface area contributed by atoms with E-state index in [0.717, 1.165) is 15.8 Å². The Balaban J connectivity index is 2.98. The molecule has 0 radical (unpaired) electrons. The van der Waals surface area contributed by atoms with E-state index in [-0.39, 0.29) is 5.97 Å². The van der Waals surface area contributed by atoms with Crippen LogP contribution in [0.2, 0.25) is 0 Å². The minimum atomic E-state index is -0.265. The van der Waals surface area contributed by atoms with Crippen LogP contribution in [0.5, 0.6) is 0 Å². The fourth-order valence-electron chi connectivity index (χ4n) is 1.30. The zero-order valence-electron chi connectivity index (χ0n) is 8.56. The fourth-order valence-corrected chi connectivity index (χ4v) is 2.03. The number of hydrogen-bond donors (Lipinski definition) is 0. The summed E-state index contributed by atoms with van der Waals surface area (Å²) in [5.74, 6) is 0.472. The molecule has 0 fully saturated rings. The minimum Gasteiger partial charge on any atom is -0.431 e. The molecule has 0 unspecified atom stereocenters. The largest absolute Gasteiger partial charge is 0.431 e. The van der Waals surface area contributed by atoms with Crippen LogP contribution in [0, 0.1) is 0 Å². The molecular weight excluding hydrogens is 244 g/mol. The highest BCUT2D eigenvalue weighted by Gasteiger charge is 2.10. The van der Waals surface area contributed by atoms with E-state index in [0.29, 0.717) is 6.42 Å². The van der Waals surface area contributed by atoms with Gasteiger partial charge in [-0.05, 0) is 31.6 Å². The lowest BCUT2D eigenvalue weighted by atomic mass is 10.1. The molecule has 76 valence electrons. The highest BCUT2D eigenvalue weighted by Crippen LogP contribution is 2.25. The van der Waals surface area contributed by atoms with Gasteiger partial charge in [-0.3, -0.25) is 4.79 Å². The number of carbonyl (C=O) groups excluding carboxylic acids is 1. The average molecular weight is 257 g/mol. The smallest absolute Gasteiger partial charge is 0.307 e. The Kier molecular flexibility index (Phi) is 3.69. The van der Waals surface area contributed by atoms with Crippen molar-refractivity contribution in [1.82, 2.24) is 0 Å². The van der Waals surface area contributed by atoms with Crippen LogP contribution >= 0.6 is 15.9 Å². The topological polar surface area (TPSA) is 26.3 Å². The standard InChI is InChI=1S/C11H13BrO2/c1-7-4-10(12)6-8(2)11(5-7)14-9(3)13/h4,6H,5H2,1-3H3. The quantitative estimate of drug-likeness (QED) is 0.672. The summed E-state index contributed by atoms with van der Waals surface area (Å²) in [6.45, 7) is 5.37. The minimum absolute atomic E-state index is 0.265. The van der Waals surface area contributed by atoms with E-state index in [1.807, 2.05) is 26.0 Å². The molecule has 0 saturated heterocycles. The number of esters is 1. The van der Waals surface area contributed by atoms with Gasteiger partial charge in [-0.15, -0.1) is 0 Å². The first-order valence-electron chi connectivity index (χ1n) is 4.41. The molecule has 0 aromatic carbocycles. The van der Waals surface area contributed by atoms with Gasteiger partial charge in [0.05, 0.1) is 0 Å². The third-order valence-corrected chi connectivity index (χ3v) is 2.34. The van der Waals surface area contributed by atoms with Crippen LogP contribution in [0.25, 0.3) is 0 Å². The Hall–Kier alpha value is -0.830. The summed E-state index contributed by atoms with van der Waals surface area (Å²) < 4.78 is 6.15. The predicted octanol–water partition coefficient (Wildman–Crippen LogP) is 3.45. The highest BCUT2D eigenvalue weighted by molar-refractivity contribution is 9.11. The van der Waals surface area contributed by atoms with E-state index >= 15 is 0 Å². The maximum atomic E-state index is 10.8. The summed E-state index contributed by atoms with van der Waals surface area (Å²) in [7, 11) is 0. The lowest BCUT2D eigenvalue weighted by molar-refractivity contribution is -0.137. The Morgan fingerprint density at radius 1 is 1.43 bits per heavy atom. The molecule has 3 heteroatoms. The number of carbonyl (C=O) groups is 1. The Morgan fingerprint density at radius 2 is 2.07 bits per heavy atom. The Bertz CT molecular complexity index is 348. The van der Waals surface area contributed by atoms with Gasteiger partial charge < -0.3 is 4.74 Å². The normalized spacial score (nSPS) is 17.1. The lowest BCUT2D eigenvalue weighted by Crippen LogP contribution is -2.01. The zero-order chi connectivity index (χ0) is 10.7. The summed E-state index contributed by atoms with van der Waals surface area (Å²) in [5.41, 5.74) is 2.15. The molecule has 0 bridgehead atoms. The number of allylic oxidation sites excluding steroid dienone is 5. The summed E-state index contributed by atoms with van der Waals surface area (Å²) in [4.78, 5) is 10.8. The Morgan fingerprint density at radius 3 is 2.64 bits per heavy atom. The van der Waals surface area contributed by atoms with E-state index in [4.69, 9.17) is 4.74 Å². The maximum absolute atomic E-state index is 10.8. The van der Waals surface area contributed by atoms with Crippen LogP contribution in [-0.4, -0.2) is 5.97 Å². The number of ether oxygens (including phenoxy) is 1. The van der Waals surface area contributed by atoms with E-state index < -0.39 is 0 Å². The van der Waals surface area contributed by atoms with Gasteiger partial charge in [0.1, 0.15) is 5.76 Å². The molecule has 0 heterocycles. The van der Waals surface area contributed by atoms with Crippen LogP contribution in [0.1, 0.15) is 27.2 Å². The van der Waals surface area contributed by atoms with Crippen molar-refractivity contribution in [2.24, 2.45) is 0 Å². The van der Waals surface area contributed by atoms with Gasteiger partial charge in [0.2, 0.25) is 0 Å². The van der Waals surface area contributed by atoms with Crippen molar-refractivity contribution in [2.45, 2.75) is 27.2 Å². The van der Waals surface area contributed by atoms with Gasteiger partial charge in [0, 0.05) is 17.8 Å². The first kappa shape index (κ1) is 11.2. The molecule has 0 amide bonds. The van der Waals surface area contributed by atoms with Crippen molar-refractivity contribution in [3.63, 3.8) is 0 Å². The van der Waals surface area contributed by atoms with E-state index in [2.05, 4.69) is 15.9 Å². The van der Waals surface area contributed by atoms with E-state index in [9.17, 15) is 4.79 Å². The molecule has 1 aliphatic carbocycles. The SMILES string of the molecule is CC(=O)OC1=C(C)C=C(Br)C=C(C)C1. The van der Waals surface area contributed by atoms with Crippen molar-refractivity contribution in [2.75, 3.05) is 0 Å². The van der Waals surface area contributed by atoms with Crippen LogP contribution in [0.4, 0.5) is 0 Å². The van der Waals surface area contributed by atoms with Gasteiger partial charge in [0.25, 0.3) is 0 Å². The van der Waals surface area contributed by atoms with E-state index in [1.165, 1.54) is 12.5 Å². The monoisotopic (exact) mass is 256 g/mol. The van der Waals surface area contributed by atoms with Crippen LogP contribution in [0.15, 0.2) is 33.5 Å². The first-order valence-corrected chi connectivity index (χ1v) is 5.21. The number of halogens is 1. The molecule has 14 heavy (non-hydrogen) atoms. The second kappa shape index (κ2) is 4.60. The lowest BCUT2D eigenvalue weighted by Gasteiger charge is -2.07. The maximum Gasteiger partial charge on any atom is 0.307 e. The second-order valence-corrected chi connectivity index (χ2v) is 4.31. The number of rotatable bonds is 1. The first-order chi connectivity index (χ1) is 6.49. The molecule has 2 nitrogen and oxygen atoms in total. The molecule has 1 rings (SSSR count). The van der Waals surface area contributed by atoms with Gasteiger partial charge in [-0.25, -0.2) is 0 Å². The highest BCUT2D eigenvalue weighted by atomic mass is 79.9. The molecule has 0 spiro atoms. The van der Waals surface area contributed by atoms with Crippen molar-refractivity contribution in [1.29, 1.82) is 0 Å². The van der Waals surface area contributed by atoms with Crippen molar-refractivity contribution < 1.29 is 9.53 Å². The summed E-state index contributed by atoms with van der Waals surface area (Å²) in [6.07, 6.45) is 4.67. The second-order valence-electron chi connectivity index (χ2n) is 3.40. The summed E-state index contributed by atoms with van der Waals surface area (Å²) >= 11 is 3.42. The third kappa shape index (κ3) is 3.14. The molecule has 1 aliphatic rings. The molecular formula is C11H13BrO2.